The molecule has 5 heteroatoms. The van der Waals surface area contributed by atoms with Gasteiger partial charge in [0.2, 0.25) is 0 Å². The summed E-state index contributed by atoms with van der Waals surface area (Å²) in [5, 5.41) is 9.55. The molecule has 1 aromatic rings. The van der Waals surface area contributed by atoms with Gasteiger partial charge in [0, 0.05) is 22.8 Å². The molecule has 1 rings (SSSR count). The largest absolute Gasteiger partial charge is 0.481 e. The average Bonchev–Trinajstić information content (AvgIpc) is 2.56. The molecule has 0 aliphatic rings. The second-order valence-electron chi connectivity index (χ2n) is 6.36. The Hall–Kier alpha value is -0.970. The van der Waals surface area contributed by atoms with Crippen LogP contribution in [0.25, 0.3) is 0 Å². The van der Waals surface area contributed by atoms with Crippen molar-refractivity contribution in [2.24, 2.45) is 0 Å². The van der Waals surface area contributed by atoms with Gasteiger partial charge < -0.3 is 9.67 Å². The Kier molecular flexibility index (Phi) is 4.15. The summed E-state index contributed by atoms with van der Waals surface area (Å²) in [6.07, 6.45) is 1.86. The quantitative estimate of drug-likeness (QED) is 0.857. The van der Waals surface area contributed by atoms with E-state index in [0.29, 0.717) is 0 Å². The van der Waals surface area contributed by atoms with E-state index in [2.05, 4.69) is 51.1 Å². The molecule has 0 aliphatic heterocycles. The third kappa shape index (κ3) is 3.51. The molecule has 1 N–H and O–H groups in total. The Balaban J connectivity index is 3.21. The van der Waals surface area contributed by atoms with Crippen molar-refractivity contribution < 1.29 is 9.90 Å². The predicted octanol–water partition coefficient (Wildman–Crippen LogP) is 3.11. The molecule has 0 saturated carbocycles. The molecule has 18 heavy (non-hydrogen) atoms. The van der Waals surface area contributed by atoms with Crippen LogP contribution >= 0.6 is 11.8 Å². The molecule has 0 atom stereocenters. The minimum Gasteiger partial charge on any atom is -0.481 e. The van der Waals surface area contributed by atoms with Gasteiger partial charge in [-0.1, -0.05) is 32.5 Å². The molecular formula is C13H22N2O2S. The molecule has 0 bridgehead atoms. The molecule has 0 aromatic carbocycles. The first-order chi connectivity index (χ1) is 8.03. The fourth-order valence-electron chi connectivity index (χ4n) is 1.74. The van der Waals surface area contributed by atoms with Crippen molar-refractivity contribution in [1.29, 1.82) is 0 Å². The summed E-state index contributed by atoms with van der Waals surface area (Å²) in [6.45, 7) is 12.7. The van der Waals surface area contributed by atoms with Crippen molar-refractivity contribution >= 4 is 17.7 Å². The molecule has 0 radical (unpaired) electrons. The van der Waals surface area contributed by atoms with Crippen LogP contribution in [0.15, 0.2) is 11.4 Å². The minimum absolute atomic E-state index is 0.0116. The van der Waals surface area contributed by atoms with Crippen LogP contribution in [0, 0.1) is 0 Å². The van der Waals surface area contributed by atoms with E-state index in [1.54, 1.807) is 0 Å². The van der Waals surface area contributed by atoms with Gasteiger partial charge in [-0.25, -0.2) is 4.98 Å². The Labute approximate surface area is 113 Å². The number of hydrogen-bond donors (Lipinski definition) is 1. The fourth-order valence-corrected chi connectivity index (χ4v) is 2.62. The summed E-state index contributed by atoms with van der Waals surface area (Å²) in [7, 11) is 0. The lowest BCUT2D eigenvalue weighted by atomic mass is 9.91. The highest BCUT2D eigenvalue weighted by Crippen LogP contribution is 2.32. The molecule has 102 valence electrons. The van der Waals surface area contributed by atoms with Crippen molar-refractivity contribution in [2.45, 2.75) is 57.7 Å². The number of aromatic nitrogens is 2. The molecule has 1 heterocycles. The number of thioether (sulfide) groups is 1. The second kappa shape index (κ2) is 4.96. The number of hydrogen-bond acceptors (Lipinski definition) is 3. The van der Waals surface area contributed by atoms with Crippen molar-refractivity contribution in [3.63, 3.8) is 0 Å². The number of nitrogens with zero attached hydrogens (tertiary/aromatic N) is 2. The van der Waals surface area contributed by atoms with Crippen LogP contribution in [0.4, 0.5) is 0 Å². The van der Waals surface area contributed by atoms with Gasteiger partial charge in [0.15, 0.2) is 5.16 Å². The number of carboxylic acids is 1. The van der Waals surface area contributed by atoms with E-state index < -0.39 is 5.97 Å². The molecule has 0 saturated heterocycles. The summed E-state index contributed by atoms with van der Waals surface area (Å²) >= 11 is 1.27. The molecule has 0 spiro atoms. The molecule has 0 fully saturated rings. The van der Waals surface area contributed by atoms with E-state index in [-0.39, 0.29) is 16.7 Å². The van der Waals surface area contributed by atoms with Crippen LogP contribution < -0.4 is 0 Å². The monoisotopic (exact) mass is 270 g/mol. The Bertz CT molecular complexity index is 439. The average molecular weight is 270 g/mol. The second-order valence-corrected chi connectivity index (χ2v) is 7.31. The molecule has 0 unspecified atom stereocenters. The van der Waals surface area contributed by atoms with E-state index in [0.717, 1.165) is 10.9 Å². The summed E-state index contributed by atoms with van der Waals surface area (Å²) in [6, 6.07) is 0. The minimum atomic E-state index is -0.819. The molecule has 0 amide bonds. The van der Waals surface area contributed by atoms with Gasteiger partial charge in [-0.2, -0.15) is 0 Å². The van der Waals surface area contributed by atoms with E-state index in [1.165, 1.54) is 11.8 Å². The van der Waals surface area contributed by atoms with Gasteiger partial charge in [0.1, 0.15) is 0 Å². The maximum Gasteiger partial charge on any atom is 0.313 e. The highest BCUT2D eigenvalue weighted by atomic mass is 32.2. The first-order valence-corrected chi connectivity index (χ1v) is 6.95. The fraction of sp³-hybridized carbons (Fsp3) is 0.692. The van der Waals surface area contributed by atoms with Crippen molar-refractivity contribution in [3.05, 3.63) is 11.9 Å². The highest BCUT2D eigenvalue weighted by Gasteiger charge is 2.28. The zero-order valence-electron chi connectivity index (χ0n) is 11.9. The van der Waals surface area contributed by atoms with E-state index in [4.69, 9.17) is 5.11 Å². The normalized spacial score (nSPS) is 12.8. The van der Waals surface area contributed by atoms with Crippen molar-refractivity contribution in [2.75, 3.05) is 5.75 Å². The summed E-state index contributed by atoms with van der Waals surface area (Å²) < 4.78 is 2.14. The van der Waals surface area contributed by atoms with Gasteiger partial charge in [-0.05, 0) is 20.8 Å². The van der Waals surface area contributed by atoms with Crippen molar-refractivity contribution in [3.8, 4) is 0 Å². The SMILES string of the molecule is CC(C)(C)c1cnc(SCC(=O)O)n1C(C)(C)C. The number of rotatable bonds is 3. The van der Waals surface area contributed by atoms with Gasteiger partial charge in [0.25, 0.3) is 0 Å². The van der Waals surface area contributed by atoms with E-state index >= 15 is 0 Å². The molecular weight excluding hydrogens is 248 g/mol. The van der Waals surface area contributed by atoms with Crippen LogP contribution in [0.2, 0.25) is 0 Å². The standard InChI is InChI=1S/C13H22N2O2S/c1-12(2,3)9-7-14-11(18-8-10(16)17)15(9)13(4,5)6/h7H,8H2,1-6H3,(H,16,17). The van der Waals surface area contributed by atoms with Crippen LogP contribution in [-0.2, 0) is 15.7 Å². The van der Waals surface area contributed by atoms with Gasteiger partial charge in [0.05, 0.1) is 5.75 Å². The Morgan fingerprint density at radius 3 is 2.28 bits per heavy atom. The lowest BCUT2D eigenvalue weighted by Gasteiger charge is -2.30. The van der Waals surface area contributed by atoms with Crippen LogP contribution in [0.3, 0.4) is 0 Å². The smallest absolute Gasteiger partial charge is 0.313 e. The summed E-state index contributed by atoms with van der Waals surface area (Å²) in [4.78, 5) is 15.1. The zero-order chi connectivity index (χ0) is 14.1. The number of aliphatic carboxylic acids is 1. The number of carboxylic acid groups (broad SMARTS) is 1. The number of carbonyl (C=O) groups is 1. The lowest BCUT2D eigenvalue weighted by molar-refractivity contribution is -0.133. The van der Waals surface area contributed by atoms with Gasteiger partial charge in [-0.15, -0.1) is 0 Å². The van der Waals surface area contributed by atoms with E-state index in [9.17, 15) is 4.79 Å². The van der Waals surface area contributed by atoms with Crippen LogP contribution in [-0.4, -0.2) is 26.4 Å². The summed E-state index contributed by atoms with van der Waals surface area (Å²) in [5.74, 6) is -0.780. The maximum atomic E-state index is 10.7. The van der Waals surface area contributed by atoms with E-state index in [1.807, 2.05) is 6.20 Å². The predicted molar refractivity (Wildman–Crippen MR) is 74.3 cm³/mol. The van der Waals surface area contributed by atoms with Gasteiger partial charge in [-0.3, -0.25) is 4.79 Å². The topological polar surface area (TPSA) is 55.1 Å². The Morgan fingerprint density at radius 1 is 1.33 bits per heavy atom. The highest BCUT2D eigenvalue weighted by molar-refractivity contribution is 7.99. The zero-order valence-corrected chi connectivity index (χ0v) is 12.8. The number of imidazole rings is 1. The first kappa shape index (κ1) is 15.1. The molecule has 4 nitrogen and oxygen atoms in total. The molecule has 0 aliphatic carbocycles. The van der Waals surface area contributed by atoms with Crippen LogP contribution in [0.5, 0.6) is 0 Å². The van der Waals surface area contributed by atoms with Crippen molar-refractivity contribution in [1.82, 2.24) is 9.55 Å². The third-order valence-electron chi connectivity index (χ3n) is 2.49. The first-order valence-electron chi connectivity index (χ1n) is 5.97. The third-order valence-corrected chi connectivity index (χ3v) is 3.43. The van der Waals surface area contributed by atoms with Crippen LogP contribution in [0.1, 0.15) is 47.2 Å². The maximum absolute atomic E-state index is 10.7. The van der Waals surface area contributed by atoms with Gasteiger partial charge >= 0.3 is 5.97 Å². The Morgan fingerprint density at radius 2 is 1.89 bits per heavy atom. The lowest BCUT2D eigenvalue weighted by Crippen LogP contribution is -2.29. The summed E-state index contributed by atoms with van der Waals surface area (Å²) in [5.41, 5.74) is 1.00. The molecule has 1 aromatic heterocycles.